The van der Waals surface area contributed by atoms with Gasteiger partial charge < -0.3 is 5.32 Å². The van der Waals surface area contributed by atoms with Crippen LogP contribution < -0.4 is 5.32 Å². The first kappa shape index (κ1) is 16.9. The van der Waals surface area contributed by atoms with Crippen LogP contribution in [0.2, 0.25) is 4.34 Å². The molecule has 2 heterocycles. The van der Waals surface area contributed by atoms with Crippen LogP contribution in [-0.2, 0) is 10.5 Å². The number of amides is 1. The SMILES string of the molecule is O=C1Nc2sc(Cl)c(-c3cccc(F)c3)c2C(=O)C1(F)c1ccccc1. The zero-order valence-corrected chi connectivity index (χ0v) is 14.6. The van der Waals surface area contributed by atoms with Crippen LogP contribution in [0.4, 0.5) is 13.8 Å². The van der Waals surface area contributed by atoms with Crippen molar-refractivity contribution in [2.24, 2.45) is 0 Å². The topological polar surface area (TPSA) is 46.2 Å². The lowest BCUT2D eigenvalue weighted by molar-refractivity contribution is -0.125. The number of Topliss-reactive ketones (excluding diaryl/α,β-unsaturated/α-hetero) is 1. The molecule has 0 spiro atoms. The van der Waals surface area contributed by atoms with Crippen LogP contribution in [0.3, 0.4) is 0 Å². The molecule has 4 rings (SSSR count). The van der Waals surface area contributed by atoms with E-state index in [0.717, 1.165) is 11.3 Å². The second kappa shape index (κ2) is 6.00. The smallest absolute Gasteiger partial charge is 0.275 e. The predicted octanol–water partition coefficient (Wildman–Crippen LogP) is 5.21. The number of fused-ring (bicyclic) bond motifs is 1. The number of nitrogens with one attached hydrogen (secondary N) is 1. The van der Waals surface area contributed by atoms with Gasteiger partial charge in [0.1, 0.15) is 15.2 Å². The molecule has 1 N–H and O–H groups in total. The fraction of sp³-hybridized carbons (Fsp3) is 0.0526. The van der Waals surface area contributed by atoms with Crippen molar-refractivity contribution in [1.29, 1.82) is 0 Å². The van der Waals surface area contributed by atoms with Crippen LogP contribution >= 0.6 is 22.9 Å². The Morgan fingerprint density at radius 2 is 1.73 bits per heavy atom. The normalized spacial score (nSPS) is 19.2. The van der Waals surface area contributed by atoms with Gasteiger partial charge in [-0.2, -0.15) is 0 Å². The second-order valence-corrected chi connectivity index (χ2v) is 7.40. The summed E-state index contributed by atoms with van der Waals surface area (Å²) in [5.74, 6) is -2.59. The summed E-state index contributed by atoms with van der Waals surface area (Å²) in [6.45, 7) is 0. The minimum Gasteiger partial charge on any atom is -0.313 e. The molecule has 0 saturated carbocycles. The first-order valence-corrected chi connectivity index (χ1v) is 8.81. The Labute approximate surface area is 156 Å². The van der Waals surface area contributed by atoms with E-state index >= 15 is 4.39 Å². The molecule has 0 saturated heterocycles. The number of carbonyl (C=O) groups is 2. The van der Waals surface area contributed by atoms with E-state index in [1.54, 1.807) is 24.3 Å². The summed E-state index contributed by atoms with van der Waals surface area (Å²) >= 11 is 7.19. The minimum atomic E-state index is -2.87. The molecule has 0 bridgehead atoms. The van der Waals surface area contributed by atoms with E-state index in [9.17, 15) is 14.0 Å². The zero-order chi connectivity index (χ0) is 18.5. The molecule has 3 nitrogen and oxygen atoms in total. The van der Waals surface area contributed by atoms with Gasteiger partial charge in [-0.25, -0.2) is 8.78 Å². The van der Waals surface area contributed by atoms with Gasteiger partial charge in [0.2, 0.25) is 5.78 Å². The summed E-state index contributed by atoms with van der Waals surface area (Å²) in [7, 11) is 0. The van der Waals surface area contributed by atoms with E-state index in [1.807, 2.05) is 0 Å². The zero-order valence-electron chi connectivity index (χ0n) is 13.1. The molecule has 1 atom stereocenters. The number of hydrogen-bond acceptors (Lipinski definition) is 3. The highest BCUT2D eigenvalue weighted by atomic mass is 35.5. The van der Waals surface area contributed by atoms with Crippen LogP contribution in [0.1, 0.15) is 15.9 Å². The molecular formula is C19H10ClF2NO2S. The van der Waals surface area contributed by atoms with Gasteiger partial charge in [0.05, 0.1) is 5.56 Å². The fourth-order valence-corrected chi connectivity index (χ4v) is 4.38. The third-order valence-electron chi connectivity index (χ3n) is 4.23. The predicted molar refractivity (Wildman–Crippen MR) is 96.9 cm³/mol. The summed E-state index contributed by atoms with van der Waals surface area (Å²) in [6.07, 6.45) is 0. The summed E-state index contributed by atoms with van der Waals surface area (Å²) < 4.78 is 29.5. The van der Waals surface area contributed by atoms with Crippen molar-refractivity contribution in [3.05, 3.63) is 75.9 Å². The molecule has 1 amide bonds. The summed E-state index contributed by atoms with van der Waals surface area (Å²) in [6, 6.07) is 13.0. The molecule has 7 heteroatoms. The fourth-order valence-electron chi connectivity index (χ4n) is 3.00. The van der Waals surface area contributed by atoms with Crippen molar-refractivity contribution in [3.8, 4) is 11.1 Å². The van der Waals surface area contributed by atoms with E-state index < -0.39 is 23.2 Å². The average molecular weight is 390 g/mol. The Balaban J connectivity index is 1.95. The lowest BCUT2D eigenvalue weighted by atomic mass is 9.83. The molecule has 130 valence electrons. The third-order valence-corrected chi connectivity index (χ3v) is 5.54. The lowest BCUT2D eigenvalue weighted by Gasteiger charge is -2.28. The maximum absolute atomic E-state index is 15.7. The Morgan fingerprint density at radius 3 is 2.42 bits per heavy atom. The van der Waals surface area contributed by atoms with E-state index in [2.05, 4.69) is 5.32 Å². The van der Waals surface area contributed by atoms with E-state index in [4.69, 9.17) is 11.6 Å². The van der Waals surface area contributed by atoms with Gasteiger partial charge in [0.15, 0.2) is 0 Å². The Hall–Kier alpha value is -2.57. The third kappa shape index (κ3) is 2.37. The number of carbonyl (C=O) groups excluding carboxylic acids is 2. The number of halogens is 3. The van der Waals surface area contributed by atoms with Crippen molar-refractivity contribution < 1.29 is 18.4 Å². The molecular weight excluding hydrogens is 380 g/mol. The maximum atomic E-state index is 15.7. The van der Waals surface area contributed by atoms with Gasteiger partial charge in [-0.3, -0.25) is 9.59 Å². The first-order valence-electron chi connectivity index (χ1n) is 7.62. The Morgan fingerprint density at radius 1 is 1.00 bits per heavy atom. The van der Waals surface area contributed by atoms with Gasteiger partial charge >= 0.3 is 0 Å². The number of rotatable bonds is 2. The molecule has 1 aromatic heterocycles. The van der Waals surface area contributed by atoms with Gasteiger partial charge in [-0.05, 0) is 17.7 Å². The maximum Gasteiger partial charge on any atom is 0.275 e. The number of ketones is 1. The highest BCUT2D eigenvalue weighted by molar-refractivity contribution is 7.21. The van der Waals surface area contributed by atoms with Crippen molar-refractivity contribution in [2.45, 2.75) is 5.67 Å². The van der Waals surface area contributed by atoms with Crippen LogP contribution in [0.5, 0.6) is 0 Å². The van der Waals surface area contributed by atoms with Crippen LogP contribution in [0.25, 0.3) is 11.1 Å². The Kier molecular flexibility index (Phi) is 3.89. The number of thiophene rings is 1. The quantitative estimate of drug-likeness (QED) is 0.612. The Bertz CT molecular complexity index is 1050. The number of benzene rings is 2. The molecule has 26 heavy (non-hydrogen) atoms. The molecule has 1 aliphatic heterocycles. The minimum absolute atomic E-state index is 0.0449. The van der Waals surface area contributed by atoms with Crippen LogP contribution in [0.15, 0.2) is 54.6 Å². The monoisotopic (exact) mass is 389 g/mol. The number of alkyl halides is 1. The van der Waals surface area contributed by atoms with Crippen LogP contribution in [0, 0.1) is 5.82 Å². The van der Waals surface area contributed by atoms with Crippen molar-refractivity contribution in [1.82, 2.24) is 0 Å². The molecule has 0 radical (unpaired) electrons. The van der Waals surface area contributed by atoms with Gasteiger partial charge in [-0.15, -0.1) is 11.3 Å². The highest BCUT2D eigenvalue weighted by Gasteiger charge is 2.54. The molecule has 0 fully saturated rings. The molecule has 1 unspecified atom stereocenters. The standard InChI is InChI=1S/C19H10ClF2NO2S/c20-16-13(10-5-4-8-12(21)9-10)14-15(24)19(22,11-6-2-1-3-7-11)18(25)23-17(14)26-16/h1-9H,(H,23,25). The molecule has 0 aliphatic carbocycles. The highest BCUT2D eigenvalue weighted by Crippen LogP contribution is 2.49. The number of anilines is 1. The largest absolute Gasteiger partial charge is 0.313 e. The molecule has 2 aromatic carbocycles. The molecule has 1 aliphatic rings. The van der Waals surface area contributed by atoms with E-state index in [0.29, 0.717) is 5.56 Å². The van der Waals surface area contributed by atoms with Crippen molar-refractivity contribution in [2.75, 3.05) is 5.32 Å². The van der Waals surface area contributed by atoms with Crippen molar-refractivity contribution >= 4 is 39.6 Å². The average Bonchev–Trinajstić information content (AvgIpc) is 2.96. The molecule has 3 aromatic rings. The van der Waals surface area contributed by atoms with Gasteiger partial charge in [-0.1, -0.05) is 54.1 Å². The summed E-state index contributed by atoms with van der Waals surface area (Å²) in [5, 5.41) is 2.59. The van der Waals surface area contributed by atoms with E-state index in [1.165, 1.54) is 30.3 Å². The number of hydrogen-bond donors (Lipinski definition) is 1. The summed E-state index contributed by atoms with van der Waals surface area (Å²) in [4.78, 5) is 25.5. The van der Waals surface area contributed by atoms with Gasteiger partial charge in [0.25, 0.3) is 11.6 Å². The van der Waals surface area contributed by atoms with Crippen LogP contribution in [-0.4, -0.2) is 11.7 Å². The second-order valence-electron chi connectivity index (χ2n) is 5.77. The summed E-state index contributed by atoms with van der Waals surface area (Å²) in [5.41, 5.74) is -2.43. The first-order chi connectivity index (χ1) is 12.4. The van der Waals surface area contributed by atoms with Gasteiger partial charge in [0, 0.05) is 11.1 Å². The van der Waals surface area contributed by atoms with Crippen molar-refractivity contribution in [3.63, 3.8) is 0 Å². The lowest BCUT2D eigenvalue weighted by Crippen LogP contribution is -2.47. The van der Waals surface area contributed by atoms with E-state index in [-0.39, 0.29) is 26.0 Å².